The summed E-state index contributed by atoms with van der Waals surface area (Å²) in [4.78, 5) is 25.3. The predicted molar refractivity (Wildman–Crippen MR) is 158 cm³/mol. The van der Waals surface area contributed by atoms with Crippen molar-refractivity contribution >= 4 is 17.3 Å². The quantitative estimate of drug-likeness (QED) is 0.257. The van der Waals surface area contributed by atoms with E-state index in [2.05, 4.69) is 15.5 Å². The van der Waals surface area contributed by atoms with Crippen LogP contribution in [-0.4, -0.2) is 60.7 Å². The Bertz CT molecular complexity index is 1690. The number of hydrogen-bond donors (Lipinski definition) is 3. The first-order chi connectivity index (χ1) is 20.6. The van der Waals surface area contributed by atoms with E-state index in [1.54, 1.807) is 30.9 Å². The number of benzene rings is 1. The van der Waals surface area contributed by atoms with Crippen LogP contribution in [0, 0.1) is 5.41 Å². The minimum absolute atomic E-state index is 0.0536. The van der Waals surface area contributed by atoms with Crippen LogP contribution in [0.1, 0.15) is 84.7 Å². The molecule has 43 heavy (non-hydrogen) atoms. The molecule has 3 fully saturated rings. The van der Waals surface area contributed by atoms with Crippen molar-refractivity contribution in [3.05, 3.63) is 71.7 Å². The number of pyridine rings is 1. The van der Waals surface area contributed by atoms with Gasteiger partial charge in [-0.25, -0.2) is 9.20 Å². The van der Waals surface area contributed by atoms with Gasteiger partial charge < -0.3 is 25.6 Å². The molecule has 3 aliphatic carbocycles. The highest BCUT2D eigenvalue weighted by molar-refractivity contribution is 6.01. The first kappa shape index (κ1) is 27.5. The topological polar surface area (TPSA) is 146 Å². The molecule has 0 atom stereocenters. The molecule has 3 saturated carbocycles. The highest BCUT2D eigenvalue weighted by Crippen LogP contribution is 2.57. The monoisotopic (exact) mass is 584 g/mol. The number of rotatable bonds is 10. The summed E-state index contributed by atoms with van der Waals surface area (Å²) >= 11 is 0. The number of amides is 2. The Morgan fingerprint density at radius 1 is 1.09 bits per heavy atom. The van der Waals surface area contributed by atoms with Crippen LogP contribution in [0.15, 0.2) is 54.9 Å². The summed E-state index contributed by atoms with van der Waals surface area (Å²) in [6.45, 7) is 3.59. The maximum atomic E-state index is 13.3. The smallest absolute Gasteiger partial charge is 0.255 e. The third kappa shape index (κ3) is 5.33. The van der Waals surface area contributed by atoms with Gasteiger partial charge in [0.05, 0.1) is 34.3 Å². The van der Waals surface area contributed by atoms with Gasteiger partial charge in [-0.15, -0.1) is 5.10 Å². The number of aromatic nitrogens is 4. The normalized spacial score (nSPS) is 23.0. The summed E-state index contributed by atoms with van der Waals surface area (Å²) in [6.07, 6.45) is 8.70. The van der Waals surface area contributed by atoms with Crippen LogP contribution in [0.2, 0.25) is 0 Å². The number of primary amides is 1. The van der Waals surface area contributed by atoms with Crippen LogP contribution in [0.4, 0.5) is 0 Å². The fourth-order valence-corrected chi connectivity index (χ4v) is 6.50. The third-order valence-electron chi connectivity index (χ3n) is 8.73. The molecule has 7 rings (SSSR count). The lowest BCUT2D eigenvalue weighted by atomic mass is 9.53. The van der Waals surface area contributed by atoms with E-state index in [4.69, 9.17) is 15.2 Å². The lowest BCUT2D eigenvalue weighted by Gasteiger charge is -2.57. The van der Waals surface area contributed by atoms with E-state index < -0.39 is 11.5 Å². The molecular weight excluding hydrogens is 548 g/mol. The molecule has 2 amide bonds. The maximum absolute atomic E-state index is 13.3. The van der Waals surface area contributed by atoms with Crippen LogP contribution < -0.4 is 20.5 Å². The average Bonchev–Trinajstić information content (AvgIpc) is 3.52. The van der Waals surface area contributed by atoms with Crippen molar-refractivity contribution in [3.8, 4) is 17.3 Å². The van der Waals surface area contributed by atoms with Gasteiger partial charge in [0, 0.05) is 18.2 Å². The Kier molecular flexibility index (Phi) is 6.46. The van der Waals surface area contributed by atoms with E-state index in [9.17, 15) is 14.7 Å². The molecule has 4 aromatic rings. The molecule has 0 radical (unpaired) electrons. The van der Waals surface area contributed by atoms with Crippen LogP contribution in [-0.2, 0) is 0 Å². The third-order valence-corrected chi connectivity index (χ3v) is 8.73. The zero-order chi connectivity index (χ0) is 29.9. The number of carbonyl (C=O) groups is 2. The first-order valence-electron chi connectivity index (χ1n) is 14.9. The zero-order valence-corrected chi connectivity index (χ0v) is 24.3. The molecule has 0 bridgehead atoms. The maximum Gasteiger partial charge on any atom is 0.255 e. The molecule has 1 spiro atoms. The highest BCUT2D eigenvalue weighted by atomic mass is 16.5. The van der Waals surface area contributed by atoms with Crippen molar-refractivity contribution < 1.29 is 24.2 Å². The fourth-order valence-electron chi connectivity index (χ4n) is 6.50. The molecular formula is C32H36N6O5. The molecule has 0 aliphatic heterocycles. The van der Waals surface area contributed by atoms with Crippen molar-refractivity contribution in [2.45, 2.75) is 76.0 Å². The van der Waals surface area contributed by atoms with Gasteiger partial charge in [0.2, 0.25) is 5.88 Å². The van der Waals surface area contributed by atoms with Crippen molar-refractivity contribution in [2.75, 3.05) is 6.61 Å². The van der Waals surface area contributed by atoms with Gasteiger partial charge in [-0.05, 0) is 82.1 Å². The number of para-hydroxylation sites is 1. The standard InChI is InChI=1S/C32H36N6O5/c1-31(2,41)18-42-26-11-10-25-23(16-34-38(25)27(26)19-8-9-19)29(40)35-20-12-32(13-20)14-22(15-32)43-30-24(28(33)39)17-37(36-30)21-6-4-3-5-7-21/h3-7,10-11,16-17,19-20,22,41H,8-9,12-15,18H2,1-2H3,(H2,33,39)(H,35,40)/t20-,22-,32?. The second-order valence-corrected chi connectivity index (χ2v) is 13.0. The van der Waals surface area contributed by atoms with Crippen molar-refractivity contribution in [2.24, 2.45) is 11.1 Å². The predicted octanol–water partition coefficient (Wildman–Crippen LogP) is 3.77. The minimum Gasteiger partial charge on any atom is -0.489 e. The van der Waals surface area contributed by atoms with Crippen molar-refractivity contribution in [3.63, 3.8) is 0 Å². The van der Waals surface area contributed by atoms with Crippen LogP contribution >= 0.6 is 0 Å². The molecule has 0 unspecified atom stereocenters. The summed E-state index contributed by atoms with van der Waals surface area (Å²) in [7, 11) is 0. The van der Waals surface area contributed by atoms with Crippen LogP contribution in [0.3, 0.4) is 0 Å². The molecule has 3 aromatic heterocycles. The van der Waals surface area contributed by atoms with E-state index >= 15 is 0 Å². The Morgan fingerprint density at radius 2 is 1.84 bits per heavy atom. The number of fused-ring (bicyclic) bond motifs is 1. The molecule has 0 saturated heterocycles. The van der Waals surface area contributed by atoms with Crippen LogP contribution in [0.25, 0.3) is 11.2 Å². The second kappa shape index (κ2) is 10.1. The number of aliphatic hydroxyl groups is 1. The summed E-state index contributed by atoms with van der Waals surface area (Å²) in [6, 6.07) is 13.3. The van der Waals surface area contributed by atoms with Gasteiger partial charge in [0.25, 0.3) is 11.8 Å². The van der Waals surface area contributed by atoms with Crippen molar-refractivity contribution in [1.29, 1.82) is 0 Å². The fraction of sp³-hybridized carbons (Fsp3) is 0.438. The van der Waals surface area contributed by atoms with E-state index in [0.29, 0.717) is 17.2 Å². The summed E-state index contributed by atoms with van der Waals surface area (Å²) < 4.78 is 15.5. The first-order valence-corrected chi connectivity index (χ1v) is 14.9. The van der Waals surface area contributed by atoms with Gasteiger partial charge in [-0.3, -0.25) is 9.59 Å². The van der Waals surface area contributed by atoms with Gasteiger partial charge in [-0.1, -0.05) is 18.2 Å². The zero-order valence-electron chi connectivity index (χ0n) is 24.3. The Labute approximate surface area is 249 Å². The van der Waals surface area contributed by atoms with Gasteiger partial charge >= 0.3 is 0 Å². The summed E-state index contributed by atoms with van der Waals surface area (Å²) in [5.74, 6) is 0.582. The highest BCUT2D eigenvalue weighted by Gasteiger charge is 2.54. The van der Waals surface area contributed by atoms with E-state index in [1.165, 1.54) is 0 Å². The number of nitrogens with one attached hydrogen (secondary N) is 1. The Hall–Kier alpha value is -4.38. The lowest BCUT2D eigenvalue weighted by Crippen LogP contribution is -2.58. The lowest BCUT2D eigenvalue weighted by molar-refractivity contribution is -0.0848. The van der Waals surface area contributed by atoms with E-state index in [1.807, 2.05) is 47.0 Å². The SMILES string of the molecule is CC(C)(O)COc1ccc2c(C(=O)N[C@H]3CC4(C3)C[C@H](Oc3nn(-c5ccccc5)cc3C(N)=O)C4)cnn2c1C1CC1. The van der Waals surface area contributed by atoms with Gasteiger partial charge in [0.1, 0.15) is 24.0 Å². The van der Waals surface area contributed by atoms with E-state index in [-0.39, 0.29) is 41.5 Å². The molecule has 11 heteroatoms. The minimum atomic E-state index is -0.949. The molecule has 3 heterocycles. The molecule has 1 aromatic carbocycles. The number of nitrogens with two attached hydrogens (primary N) is 1. The largest absolute Gasteiger partial charge is 0.489 e. The second-order valence-electron chi connectivity index (χ2n) is 13.0. The van der Waals surface area contributed by atoms with Crippen molar-refractivity contribution in [1.82, 2.24) is 24.7 Å². The Balaban J connectivity index is 0.966. The Morgan fingerprint density at radius 3 is 2.51 bits per heavy atom. The molecule has 3 aliphatic rings. The van der Waals surface area contributed by atoms with Crippen LogP contribution in [0.5, 0.6) is 11.6 Å². The number of ether oxygens (including phenoxy) is 2. The molecule has 11 nitrogen and oxygen atoms in total. The van der Waals surface area contributed by atoms with Gasteiger partial charge in [-0.2, -0.15) is 5.10 Å². The number of nitrogens with zero attached hydrogens (tertiary/aromatic N) is 4. The number of hydrogen-bond acceptors (Lipinski definition) is 7. The summed E-state index contributed by atoms with van der Waals surface area (Å²) in [5.41, 5.74) is 8.11. The molecule has 224 valence electrons. The molecule has 4 N–H and O–H groups in total. The summed E-state index contributed by atoms with van der Waals surface area (Å²) in [5, 5.41) is 22.3. The number of carbonyl (C=O) groups excluding carboxylic acids is 2. The average molecular weight is 585 g/mol. The van der Waals surface area contributed by atoms with Gasteiger partial charge in [0.15, 0.2) is 0 Å². The van der Waals surface area contributed by atoms with E-state index in [0.717, 1.165) is 55.4 Å².